The number of hydrogen-bond donors (Lipinski definition) is 2. The molecule has 21 heavy (non-hydrogen) atoms. The number of aryl methyl sites for hydroxylation is 1. The van der Waals surface area contributed by atoms with E-state index in [2.05, 4.69) is 5.32 Å². The van der Waals surface area contributed by atoms with Crippen LogP contribution in [0.5, 0.6) is 0 Å². The Morgan fingerprint density at radius 1 is 0.952 bits per heavy atom. The molecule has 0 radical (unpaired) electrons. The summed E-state index contributed by atoms with van der Waals surface area (Å²) in [6, 6.07) is 19.3. The van der Waals surface area contributed by atoms with Gasteiger partial charge in [0.05, 0.1) is 5.56 Å². The fourth-order valence-electron chi connectivity index (χ4n) is 2.34. The van der Waals surface area contributed by atoms with Gasteiger partial charge in [0.1, 0.15) is 0 Å². The van der Waals surface area contributed by atoms with Crippen LogP contribution in [0.4, 0.5) is 11.4 Å². The van der Waals surface area contributed by atoms with Gasteiger partial charge >= 0.3 is 0 Å². The zero-order valence-corrected chi connectivity index (χ0v) is 11.8. The largest absolute Gasteiger partial charge is 0.398 e. The topological polar surface area (TPSA) is 55.1 Å². The lowest BCUT2D eigenvalue weighted by Crippen LogP contribution is -2.14. The Hall–Kier alpha value is -2.81. The van der Waals surface area contributed by atoms with E-state index in [9.17, 15) is 4.79 Å². The van der Waals surface area contributed by atoms with Crippen molar-refractivity contribution in [3.63, 3.8) is 0 Å². The van der Waals surface area contributed by atoms with Crippen LogP contribution in [0.25, 0.3) is 10.8 Å². The Labute approximate surface area is 123 Å². The fraction of sp³-hybridized carbons (Fsp3) is 0.0556. The SMILES string of the molecule is Cc1cccc(C(=O)Nc2ccc3ccccc3c2)c1N. The first kappa shape index (κ1) is 13.2. The summed E-state index contributed by atoms with van der Waals surface area (Å²) in [5.41, 5.74) is 8.66. The van der Waals surface area contributed by atoms with Crippen LogP contribution in [0.2, 0.25) is 0 Å². The monoisotopic (exact) mass is 276 g/mol. The Morgan fingerprint density at radius 3 is 2.52 bits per heavy atom. The molecule has 104 valence electrons. The van der Waals surface area contributed by atoms with Crippen LogP contribution in [0.3, 0.4) is 0 Å². The minimum Gasteiger partial charge on any atom is -0.398 e. The molecule has 3 nitrogen and oxygen atoms in total. The van der Waals surface area contributed by atoms with Gasteiger partial charge in [0, 0.05) is 11.4 Å². The number of fused-ring (bicyclic) bond motifs is 1. The Morgan fingerprint density at radius 2 is 1.71 bits per heavy atom. The molecule has 0 aliphatic rings. The van der Waals surface area contributed by atoms with E-state index in [0.717, 1.165) is 22.0 Å². The molecule has 3 heteroatoms. The highest BCUT2D eigenvalue weighted by Crippen LogP contribution is 2.21. The van der Waals surface area contributed by atoms with Gasteiger partial charge in [0.25, 0.3) is 5.91 Å². The maximum atomic E-state index is 12.3. The highest BCUT2D eigenvalue weighted by atomic mass is 16.1. The molecular weight excluding hydrogens is 260 g/mol. The molecule has 0 heterocycles. The molecule has 0 fully saturated rings. The summed E-state index contributed by atoms with van der Waals surface area (Å²) in [4.78, 5) is 12.3. The molecule has 0 aliphatic carbocycles. The van der Waals surface area contributed by atoms with Gasteiger partial charge < -0.3 is 11.1 Å². The van der Waals surface area contributed by atoms with Crippen LogP contribution in [-0.2, 0) is 0 Å². The van der Waals surface area contributed by atoms with E-state index in [1.165, 1.54) is 0 Å². The van der Waals surface area contributed by atoms with Crippen molar-refractivity contribution in [3.05, 3.63) is 71.8 Å². The Balaban J connectivity index is 1.91. The number of para-hydroxylation sites is 1. The molecule has 0 unspecified atom stereocenters. The number of nitrogens with one attached hydrogen (secondary N) is 1. The molecule has 0 atom stereocenters. The van der Waals surface area contributed by atoms with E-state index in [1.807, 2.05) is 61.5 Å². The minimum atomic E-state index is -0.188. The third-order valence-electron chi connectivity index (χ3n) is 3.58. The van der Waals surface area contributed by atoms with Gasteiger partial charge in [0.15, 0.2) is 0 Å². The number of benzene rings is 3. The lowest BCUT2D eigenvalue weighted by atomic mass is 10.1. The number of carbonyl (C=O) groups is 1. The first-order chi connectivity index (χ1) is 10.1. The summed E-state index contributed by atoms with van der Waals surface area (Å²) in [7, 11) is 0. The molecule has 3 aromatic carbocycles. The second-order valence-corrected chi connectivity index (χ2v) is 5.05. The van der Waals surface area contributed by atoms with Gasteiger partial charge in [-0.2, -0.15) is 0 Å². The summed E-state index contributed by atoms with van der Waals surface area (Å²) < 4.78 is 0. The third kappa shape index (κ3) is 2.58. The van der Waals surface area contributed by atoms with Gasteiger partial charge in [-0.05, 0) is 41.5 Å². The van der Waals surface area contributed by atoms with Gasteiger partial charge in [-0.1, -0.05) is 42.5 Å². The molecule has 0 aromatic heterocycles. The molecule has 3 rings (SSSR count). The molecule has 1 amide bonds. The zero-order valence-electron chi connectivity index (χ0n) is 11.8. The van der Waals surface area contributed by atoms with Crippen molar-refractivity contribution in [1.29, 1.82) is 0 Å². The van der Waals surface area contributed by atoms with Crippen LogP contribution in [0, 0.1) is 6.92 Å². The lowest BCUT2D eigenvalue weighted by Gasteiger charge is -2.10. The first-order valence-corrected chi connectivity index (χ1v) is 6.80. The molecular formula is C18H16N2O. The predicted molar refractivity (Wildman–Crippen MR) is 87.5 cm³/mol. The fourth-order valence-corrected chi connectivity index (χ4v) is 2.34. The summed E-state index contributed by atoms with van der Waals surface area (Å²) in [5, 5.41) is 5.13. The maximum Gasteiger partial charge on any atom is 0.257 e. The highest BCUT2D eigenvalue weighted by molar-refractivity contribution is 6.08. The van der Waals surface area contributed by atoms with Gasteiger partial charge in [0.2, 0.25) is 0 Å². The van der Waals surface area contributed by atoms with Gasteiger partial charge in [-0.25, -0.2) is 0 Å². The van der Waals surface area contributed by atoms with Crippen molar-refractivity contribution in [2.45, 2.75) is 6.92 Å². The molecule has 0 saturated carbocycles. The summed E-state index contributed by atoms with van der Waals surface area (Å²) >= 11 is 0. The van der Waals surface area contributed by atoms with Crippen LogP contribution in [0.1, 0.15) is 15.9 Å². The number of rotatable bonds is 2. The van der Waals surface area contributed by atoms with E-state index < -0.39 is 0 Å². The number of carbonyl (C=O) groups excluding carboxylic acids is 1. The number of hydrogen-bond acceptors (Lipinski definition) is 2. The molecule has 0 spiro atoms. The zero-order chi connectivity index (χ0) is 14.8. The second-order valence-electron chi connectivity index (χ2n) is 5.05. The van der Waals surface area contributed by atoms with E-state index in [1.54, 1.807) is 6.07 Å². The van der Waals surface area contributed by atoms with Crippen molar-refractivity contribution < 1.29 is 4.79 Å². The second kappa shape index (κ2) is 5.29. The lowest BCUT2D eigenvalue weighted by molar-refractivity contribution is 0.102. The summed E-state index contributed by atoms with van der Waals surface area (Å²) in [5.74, 6) is -0.188. The highest BCUT2D eigenvalue weighted by Gasteiger charge is 2.11. The maximum absolute atomic E-state index is 12.3. The standard InChI is InChI=1S/C18H16N2O/c1-12-5-4-8-16(17(12)19)18(21)20-15-10-9-13-6-2-3-7-14(13)11-15/h2-11H,19H2,1H3,(H,20,21). The van der Waals surface area contributed by atoms with Crippen LogP contribution in [-0.4, -0.2) is 5.91 Å². The van der Waals surface area contributed by atoms with Crippen molar-refractivity contribution >= 4 is 28.1 Å². The van der Waals surface area contributed by atoms with Crippen molar-refractivity contribution in [2.75, 3.05) is 11.1 Å². The summed E-state index contributed by atoms with van der Waals surface area (Å²) in [6.45, 7) is 1.89. The third-order valence-corrected chi connectivity index (χ3v) is 3.58. The van der Waals surface area contributed by atoms with Gasteiger partial charge in [-0.3, -0.25) is 4.79 Å². The molecule has 3 N–H and O–H groups in total. The van der Waals surface area contributed by atoms with Crippen LogP contribution >= 0.6 is 0 Å². The molecule has 0 bridgehead atoms. The van der Waals surface area contributed by atoms with Crippen LogP contribution in [0.15, 0.2) is 60.7 Å². The molecule has 0 aliphatic heterocycles. The van der Waals surface area contributed by atoms with Crippen LogP contribution < -0.4 is 11.1 Å². The smallest absolute Gasteiger partial charge is 0.257 e. The number of amides is 1. The quantitative estimate of drug-likeness (QED) is 0.695. The van der Waals surface area contributed by atoms with Crippen molar-refractivity contribution in [3.8, 4) is 0 Å². The van der Waals surface area contributed by atoms with Gasteiger partial charge in [-0.15, -0.1) is 0 Å². The average Bonchev–Trinajstić information content (AvgIpc) is 2.50. The number of nitrogen functional groups attached to an aromatic ring is 1. The van der Waals surface area contributed by atoms with E-state index >= 15 is 0 Å². The summed E-state index contributed by atoms with van der Waals surface area (Å²) in [6.07, 6.45) is 0. The predicted octanol–water partition coefficient (Wildman–Crippen LogP) is 3.98. The normalized spacial score (nSPS) is 10.5. The van der Waals surface area contributed by atoms with Crippen molar-refractivity contribution in [1.82, 2.24) is 0 Å². The van der Waals surface area contributed by atoms with E-state index in [-0.39, 0.29) is 5.91 Å². The van der Waals surface area contributed by atoms with Crippen molar-refractivity contribution in [2.24, 2.45) is 0 Å². The van der Waals surface area contributed by atoms with E-state index in [4.69, 9.17) is 5.73 Å². The molecule has 3 aromatic rings. The Kier molecular flexibility index (Phi) is 3.32. The average molecular weight is 276 g/mol. The Bertz CT molecular complexity index is 824. The minimum absolute atomic E-state index is 0.188. The number of anilines is 2. The number of nitrogens with two attached hydrogens (primary N) is 1. The first-order valence-electron chi connectivity index (χ1n) is 6.80. The molecule has 0 saturated heterocycles. The van der Waals surface area contributed by atoms with E-state index in [0.29, 0.717) is 11.3 Å².